The summed E-state index contributed by atoms with van der Waals surface area (Å²) in [6.45, 7) is 5.71. The summed E-state index contributed by atoms with van der Waals surface area (Å²) < 4.78 is 26.2. The number of tetrazole rings is 1. The standard InChI is InChI=1S/C45H48N8O7S2/c1-6-52-48-40(47-49-52)24-51-35-23-39(32-20-29(57-3)12-13-36(32)58-4)62-42(35)44(55)53(45(51)56)28-14-17-50(18-15-28)43(54)27-10-8-26(9-11-27)41-31-22-37(59-5)38(60-7-2)21-30(31)33-25-61-19-16-34(33)46-41/h8-13,20-23,28,33-34H,6-7,14-19,24-25H2,1-5H3/t33-,34-/m1/s1. The largest absolute Gasteiger partial charge is 0.497 e. The smallest absolute Gasteiger partial charge is 0.332 e. The molecule has 3 aliphatic rings. The van der Waals surface area contributed by atoms with Crippen molar-refractivity contribution in [2.75, 3.05) is 52.5 Å². The van der Waals surface area contributed by atoms with Crippen LogP contribution in [0.5, 0.6) is 23.0 Å². The van der Waals surface area contributed by atoms with E-state index in [4.69, 9.17) is 23.9 Å². The molecule has 6 aromatic rings. The van der Waals surface area contributed by atoms with Gasteiger partial charge in [-0.05, 0) is 98.2 Å². The van der Waals surface area contributed by atoms with E-state index in [0.29, 0.717) is 83.9 Å². The summed E-state index contributed by atoms with van der Waals surface area (Å²) in [5.41, 5.74) is 5.02. The summed E-state index contributed by atoms with van der Waals surface area (Å²) in [6.07, 6.45) is 1.86. The van der Waals surface area contributed by atoms with Gasteiger partial charge in [0.05, 0.1) is 58.3 Å². The number of amides is 1. The minimum Gasteiger partial charge on any atom is -0.497 e. The molecule has 1 amide bonds. The number of thioether (sulfide) groups is 1. The molecule has 6 heterocycles. The third-order valence-corrected chi connectivity index (χ3v) is 14.3. The van der Waals surface area contributed by atoms with Crippen LogP contribution in [0, 0.1) is 0 Å². The third kappa shape index (κ3) is 7.54. The van der Waals surface area contributed by atoms with Gasteiger partial charge in [-0.25, -0.2) is 4.79 Å². The fourth-order valence-corrected chi connectivity index (χ4v) is 11.2. The zero-order valence-corrected chi connectivity index (χ0v) is 37.0. The van der Waals surface area contributed by atoms with E-state index in [-0.39, 0.29) is 24.1 Å². The Kier molecular flexibility index (Phi) is 11.6. The predicted octanol–water partition coefficient (Wildman–Crippen LogP) is 6.29. The number of hydrogen-bond donors (Lipinski definition) is 0. The van der Waals surface area contributed by atoms with Crippen molar-refractivity contribution < 1.29 is 23.7 Å². The van der Waals surface area contributed by atoms with Crippen molar-refractivity contribution >= 4 is 44.9 Å². The van der Waals surface area contributed by atoms with Crippen molar-refractivity contribution in [3.63, 3.8) is 0 Å². The van der Waals surface area contributed by atoms with Crippen LogP contribution in [0.3, 0.4) is 0 Å². The van der Waals surface area contributed by atoms with Crippen molar-refractivity contribution in [2.24, 2.45) is 4.99 Å². The average Bonchev–Trinajstić information content (AvgIpc) is 3.98. The highest BCUT2D eigenvalue weighted by Gasteiger charge is 2.35. The number of methoxy groups -OCH3 is 3. The molecule has 9 rings (SSSR count). The first-order valence-corrected chi connectivity index (χ1v) is 22.9. The van der Waals surface area contributed by atoms with E-state index in [1.165, 1.54) is 26.3 Å². The maximum absolute atomic E-state index is 14.5. The molecule has 62 heavy (non-hydrogen) atoms. The summed E-state index contributed by atoms with van der Waals surface area (Å²) in [5.74, 6) is 5.27. The molecule has 0 radical (unpaired) electrons. The zero-order chi connectivity index (χ0) is 43.1. The predicted molar refractivity (Wildman–Crippen MR) is 240 cm³/mol. The lowest BCUT2D eigenvalue weighted by Gasteiger charge is -2.35. The quantitative estimate of drug-likeness (QED) is 0.136. The average molecular weight is 877 g/mol. The lowest BCUT2D eigenvalue weighted by atomic mass is 9.81. The maximum Gasteiger partial charge on any atom is 0.332 e. The molecule has 17 heteroatoms. The van der Waals surface area contributed by atoms with Gasteiger partial charge in [0.15, 0.2) is 17.3 Å². The number of likely N-dealkylation sites (tertiary alicyclic amines) is 1. The molecule has 0 unspecified atom stereocenters. The molecule has 2 saturated heterocycles. The van der Waals surface area contributed by atoms with Crippen molar-refractivity contribution in [1.29, 1.82) is 0 Å². The Bertz CT molecular complexity index is 2800. The SMILES string of the molecule is CCOc1cc2c(cc1OC)C(c1ccc(C(=O)N3CCC(n4c(=O)c5sc(-c6cc(OC)ccc6OC)cc5n(Cc5nnn(CC)n5)c4=O)CC3)cc1)=N[C@@H]1CCSC[C@H]21. The maximum atomic E-state index is 14.5. The van der Waals surface area contributed by atoms with Crippen LogP contribution in [-0.4, -0.2) is 104 Å². The molecule has 3 aromatic carbocycles. The Morgan fingerprint density at radius 1 is 0.871 bits per heavy atom. The number of aliphatic imine (C=N–C) groups is 1. The minimum atomic E-state index is -0.463. The molecule has 3 aliphatic heterocycles. The topological polar surface area (TPSA) is 157 Å². The van der Waals surface area contributed by atoms with Gasteiger partial charge in [0.2, 0.25) is 0 Å². The van der Waals surface area contributed by atoms with E-state index < -0.39 is 11.7 Å². The van der Waals surface area contributed by atoms with Crippen LogP contribution < -0.4 is 30.2 Å². The van der Waals surface area contributed by atoms with Gasteiger partial charge in [0.25, 0.3) is 11.5 Å². The second kappa shape index (κ2) is 17.4. The molecule has 0 spiro atoms. The first-order valence-electron chi connectivity index (χ1n) is 20.9. The molecule has 0 saturated carbocycles. The normalized spacial score (nSPS) is 17.6. The summed E-state index contributed by atoms with van der Waals surface area (Å²) in [6, 6.07) is 18.9. The lowest BCUT2D eigenvalue weighted by molar-refractivity contribution is 0.0691. The summed E-state index contributed by atoms with van der Waals surface area (Å²) >= 11 is 3.25. The molecule has 0 N–H and O–H groups in total. The van der Waals surface area contributed by atoms with Crippen LogP contribution >= 0.6 is 23.1 Å². The third-order valence-electron chi connectivity index (χ3n) is 12.0. The molecule has 15 nitrogen and oxygen atoms in total. The Balaban J connectivity index is 0.984. The van der Waals surface area contributed by atoms with E-state index in [1.807, 2.05) is 74.1 Å². The number of carbonyl (C=O) groups excluding carboxylic acids is 1. The Labute approximate surface area is 366 Å². The first kappa shape index (κ1) is 41.4. The number of aryl methyl sites for hydroxylation is 1. The monoisotopic (exact) mass is 876 g/mol. The molecule has 0 aliphatic carbocycles. The summed E-state index contributed by atoms with van der Waals surface area (Å²) in [5, 5.41) is 12.7. The van der Waals surface area contributed by atoms with Crippen molar-refractivity contribution in [2.45, 2.75) is 64.2 Å². The number of benzene rings is 3. The minimum absolute atomic E-state index is 0.0223. The van der Waals surface area contributed by atoms with E-state index in [2.05, 4.69) is 21.5 Å². The number of ether oxygens (including phenoxy) is 4. The van der Waals surface area contributed by atoms with Crippen LogP contribution in [0.1, 0.15) is 77.9 Å². The highest BCUT2D eigenvalue weighted by Crippen LogP contribution is 2.44. The van der Waals surface area contributed by atoms with Crippen LogP contribution in [0.25, 0.3) is 20.7 Å². The number of piperidine rings is 1. The lowest BCUT2D eigenvalue weighted by Crippen LogP contribution is -2.46. The van der Waals surface area contributed by atoms with Gasteiger partial charge in [-0.1, -0.05) is 12.1 Å². The Morgan fingerprint density at radius 3 is 2.37 bits per heavy atom. The van der Waals surface area contributed by atoms with E-state index in [0.717, 1.165) is 51.0 Å². The number of nitrogens with zero attached hydrogens (tertiary/aromatic N) is 8. The van der Waals surface area contributed by atoms with Crippen LogP contribution in [-0.2, 0) is 13.1 Å². The van der Waals surface area contributed by atoms with Crippen molar-refractivity contribution in [3.8, 4) is 33.4 Å². The number of aromatic nitrogens is 6. The van der Waals surface area contributed by atoms with Crippen molar-refractivity contribution in [3.05, 3.63) is 110 Å². The van der Waals surface area contributed by atoms with Gasteiger partial charge in [0.1, 0.15) is 16.2 Å². The highest BCUT2D eigenvalue weighted by molar-refractivity contribution is 7.99. The summed E-state index contributed by atoms with van der Waals surface area (Å²) in [7, 11) is 4.83. The summed E-state index contributed by atoms with van der Waals surface area (Å²) in [4.78, 5) is 52.2. The fourth-order valence-electron chi connectivity index (χ4n) is 8.83. The molecule has 2 atom stereocenters. The highest BCUT2D eigenvalue weighted by atomic mass is 32.2. The zero-order valence-electron chi connectivity index (χ0n) is 35.3. The van der Waals surface area contributed by atoms with Crippen LogP contribution in [0.2, 0.25) is 0 Å². The number of hydrogen-bond acceptors (Lipinski definition) is 13. The first-order chi connectivity index (χ1) is 30.2. The van der Waals surface area contributed by atoms with E-state index >= 15 is 0 Å². The van der Waals surface area contributed by atoms with Gasteiger partial charge in [-0.15, -0.1) is 21.5 Å². The molecule has 3 aromatic heterocycles. The number of fused-ring (bicyclic) bond motifs is 4. The van der Waals surface area contributed by atoms with Gasteiger partial charge in [0, 0.05) is 57.9 Å². The van der Waals surface area contributed by atoms with Crippen LogP contribution in [0.15, 0.2) is 75.2 Å². The van der Waals surface area contributed by atoms with Gasteiger partial charge in [-0.2, -0.15) is 16.6 Å². The van der Waals surface area contributed by atoms with Crippen molar-refractivity contribution in [1.82, 2.24) is 34.2 Å². The second-order valence-electron chi connectivity index (χ2n) is 15.5. The number of thiophene rings is 1. The van der Waals surface area contributed by atoms with E-state index in [9.17, 15) is 14.4 Å². The molecule has 0 bridgehead atoms. The Hall–Kier alpha value is -5.94. The van der Waals surface area contributed by atoms with Gasteiger partial charge in [-0.3, -0.25) is 23.7 Å². The fraction of sp³-hybridized carbons (Fsp3) is 0.400. The van der Waals surface area contributed by atoms with Gasteiger partial charge >= 0.3 is 5.69 Å². The van der Waals surface area contributed by atoms with Gasteiger partial charge < -0.3 is 23.8 Å². The molecule has 322 valence electrons. The molecular weight excluding hydrogens is 829 g/mol. The molecule has 2 fully saturated rings. The second-order valence-corrected chi connectivity index (χ2v) is 17.7. The number of rotatable bonds is 12. The van der Waals surface area contributed by atoms with Crippen LogP contribution in [0.4, 0.5) is 0 Å². The van der Waals surface area contributed by atoms with E-state index in [1.54, 1.807) is 36.9 Å². The molecular formula is C45H48N8O7S2. The number of carbonyl (C=O) groups is 1. The Morgan fingerprint density at radius 2 is 1.66 bits per heavy atom.